The van der Waals surface area contributed by atoms with Gasteiger partial charge in [0.25, 0.3) is 0 Å². The van der Waals surface area contributed by atoms with Crippen LogP contribution in [0.3, 0.4) is 0 Å². The Balaban J connectivity index is 2.37. The predicted octanol–water partition coefficient (Wildman–Crippen LogP) is 2.75. The second-order valence-electron chi connectivity index (χ2n) is 4.50. The van der Waals surface area contributed by atoms with E-state index in [1.54, 1.807) is 0 Å². The lowest BCUT2D eigenvalue weighted by molar-refractivity contribution is 0.271. The van der Waals surface area contributed by atoms with Crippen LogP contribution in [0.5, 0.6) is 0 Å². The molecule has 0 amide bonds. The zero-order valence-electron chi connectivity index (χ0n) is 10.2. The van der Waals surface area contributed by atoms with Crippen LogP contribution in [0.1, 0.15) is 19.3 Å². The Morgan fingerprint density at radius 2 is 2.00 bits per heavy atom. The van der Waals surface area contributed by atoms with E-state index < -0.39 is 21.7 Å². The molecule has 2 rings (SSSR count). The number of nitrogens with zero attached hydrogens (tertiary/aromatic N) is 1. The molecule has 0 N–H and O–H groups in total. The minimum Gasteiger partial charge on any atom is -0.207 e. The van der Waals surface area contributed by atoms with Crippen molar-refractivity contribution in [2.24, 2.45) is 0 Å². The summed E-state index contributed by atoms with van der Waals surface area (Å²) in [6.45, 7) is 0.360. The Kier molecular flexibility index (Phi) is 4.43. The molecule has 1 atom stereocenters. The highest BCUT2D eigenvalue weighted by molar-refractivity contribution is 7.89. The van der Waals surface area contributed by atoms with Crippen molar-refractivity contribution in [3.05, 3.63) is 29.8 Å². The number of piperidine rings is 1. The second-order valence-corrected chi connectivity index (χ2v) is 6.69. The number of hydrogen-bond acceptors (Lipinski definition) is 2. The van der Waals surface area contributed by atoms with Crippen LogP contribution in [0.25, 0.3) is 0 Å². The van der Waals surface area contributed by atoms with E-state index in [0.717, 1.165) is 25.0 Å². The Morgan fingerprint density at radius 1 is 1.26 bits per heavy atom. The lowest BCUT2D eigenvalue weighted by Gasteiger charge is -2.33. The van der Waals surface area contributed by atoms with E-state index in [9.17, 15) is 17.2 Å². The molecule has 106 valence electrons. The van der Waals surface area contributed by atoms with Gasteiger partial charge in [-0.1, -0.05) is 6.42 Å². The van der Waals surface area contributed by atoms with Crippen molar-refractivity contribution in [1.29, 1.82) is 0 Å². The third-order valence-corrected chi connectivity index (χ3v) is 5.55. The topological polar surface area (TPSA) is 37.4 Å². The first kappa shape index (κ1) is 14.7. The van der Waals surface area contributed by atoms with Crippen LogP contribution in [0.15, 0.2) is 23.1 Å². The van der Waals surface area contributed by atoms with Crippen LogP contribution in [0.2, 0.25) is 0 Å². The molecule has 0 bridgehead atoms. The molecule has 1 aromatic carbocycles. The van der Waals surface area contributed by atoms with Gasteiger partial charge in [0.2, 0.25) is 10.0 Å². The summed E-state index contributed by atoms with van der Waals surface area (Å²) in [5.41, 5.74) is 0. The zero-order valence-corrected chi connectivity index (χ0v) is 11.7. The van der Waals surface area contributed by atoms with Gasteiger partial charge in [-0.2, -0.15) is 4.31 Å². The van der Waals surface area contributed by atoms with Crippen LogP contribution < -0.4 is 0 Å². The maximum atomic E-state index is 13.2. The van der Waals surface area contributed by atoms with Crippen LogP contribution in [0.4, 0.5) is 8.78 Å². The van der Waals surface area contributed by atoms with Crippen LogP contribution >= 0.6 is 11.6 Å². The van der Waals surface area contributed by atoms with Crippen molar-refractivity contribution in [2.45, 2.75) is 30.2 Å². The molecule has 0 radical (unpaired) electrons. The molecular weight excluding hydrogens is 296 g/mol. The van der Waals surface area contributed by atoms with Crippen LogP contribution in [0, 0.1) is 11.6 Å². The first-order valence-electron chi connectivity index (χ1n) is 5.99. The van der Waals surface area contributed by atoms with Gasteiger partial charge in [0.05, 0.1) is 4.90 Å². The van der Waals surface area contributed by atoms with Gasteiger partial charge in [0, 0.05) is 18.5 Å². The normalized spacial score (nSPS) is 21.5. The Bertz CT molecular complexity index is 565. The maximum absolute atomic E-state index is 13.2. The van der Waals surface area contributed by atoms with Crippen molar-refractivity contribution < 1.29 is 17.2 Å². The SMILES string of the molecule is O=S(=O)(c1ccc(F)c(F)c1)N1CCCCC1CCl. The number of benzene rings is 1. The van der Waals surface area contributed by atoms with E-state index >= 15 is 0 Å². The molecule has 1 aromatic rings. The molecular formula is C12H14ClF2NO2S. The van der Waals surface area contributed by atoms with E-state index in [0.29, 0.717) is 19.0 Å². The van der Waals surface area contributed by atoms with Crippen molar-refractivity contribution in [3.8, 4) is 0 Å². The first-order chi connectivity index (χ1) is 8.96. The summed E-state index contributed by atoms with van der Waals surface area (Å²) in [6.07, 6.45) is 2.35. The summed E-state index contributed by atoms with van der Waals surface area (Å²) in [5, 5.41) is 0. The first-order valence-corrected chi connectivity index (χ1v) is 7.97. The third-order valence-electron chi connectivity index (χ3n) is 3.25. The van der Waals surface area contributed by atoms with E-state index in [4.69, 9.17) is 11.6 Å². The van der Waals surface area contributed by atoms with Crippen molar-refractivity contribution in [3.63, 3.8) is 0 Å². The standard InChI is InChI=1S/C12H14ClF2NO2S/c13-8-9-3-1-2-6-16(9)19(17,18)10-4-5-11(14)12(15)7-10/h4-5,7,9H,1-3,6,8H2. The molecule has 1 saturated heterocycles. The lowest BCUT2D eigenvalue weighted by atomic mass is 10.1. The zero-order chi connectivity index (χ0) is 14.0. The summed E-state index contributed by atoms with van der Waals surface area (Å²) in [4.78, 5) is -0.233. The minimum absolute atomic E-state index is 0.197. The van der Waals surface area contributed by atoms with Crippen LogP contribution in [-0.2, 0) is 10.0 Å². The number of hydrogen-bond donors (Lipinski definition) is 0. The quantitative estimate of drug-likeness (QED) is 0.805. The number of rotatable bonds is 3. The minimum atomic E-state index is -3.82. The average molecular weight is 310 g/mol. The van der Waals surface area contributed by atoms with Gasteiger partial charge in [0.15, 0.2) is 11.6 Å². The molecule has 7 heteroatoms. The predicted molar refractivity (Wildman–Crippen MR) is 68.6 cm³/mol. The third kappa shape index (κ3) is 2.90. The molecule has 0 aliphatic carbocycles. The number of halogens is 3. The van der Waals surface area contributed by atoms with Gasteiger partial charge in [-0.15, -0.1) is 11.6 Å². The molecule has 19 heavy (non-hydrogen) atoms. The van der Waals surface area contributed by atoms with Gasteiger partial charge < -0.3 is 0 Å². The van der Waals surface area contributed by atoms with Gasteiger partial charge in [-0.3, -0.25) is 0 Å². The van der Waals surface area contributed by atoms with Gasteiger partial charge in [-0.25, -0.2) is 17.2 Å². The van der Waals surface area contributed by atoms with E-state index in [1.807, 2.05) is 0 Å². The Labute approximate surface area is 116 Å². The maximum Gasteiger partial charge on any atom is 0.243 e. The fourth-order valence-electron chi connectivity index (χ4n) is 2.22. The lowest BCUT2D eigenvalue weighted by Crippen LogP contribution is -2.44. The highest BCUT2D eigenvalue weighted by atomic mass is 35.5. The highest BCUT2D eigenvalue weighted by Gasteiger charge is 2.33. The fourth-order valence-corrected chi connectivity index (χ4v) is 4.33. The van der Waals surface area contributed by atoms with Crippen LogP contribution in [-0.4, -0.2) is 31.2 Å². The summed E-state index contributed by atoms with van der Waals surface area (Å²) < 4.78 is 52.1. The van der Waals surface area contributed by atoms with Gasteiger partial charge in [0.1, 0.15) is 0 Å². The molecule has 0 spiro atoms. The summed E-state index contributed by atoms with van der Waals surface area (Å²) >= 11 is 5.78. The van der Waals surface area contributed by atoms with E-state index in [2.05, 4.69) is 0 Å². The summed E-state index contributed by atoms with van der Waals surface area (Å²) in [5.74, 6) is -2.03. The highest BCUT2D eigenvalue weighted by Crippen LogP contribution is 2.26. The van der Waals surface area contributed by atoms with Gasteiger partial charge >= 0.3 is 0 Å². The molecule has 1 heterocycles. The fraction of sp³-hybridized carbons (Fsp3) is 0.500. The Hall–Kier alpha value is -0.720. The molecule has 1 fully saturated rings. The Morgan fingerprint density at radius 3 is 2.63 bits per heavy atom. The molecule has 1 aliphatic rings. The number of sulfonamides is 1. The summed E-state index contributed by atoms with van der Waals surface area (Å²) in [6, 6.07) is 2.33. The molecule has 0 aromatic heterocycles. The molecule has 3 nitrogen and oxygen atoms in total. The van der Waals surface area contributed by atoms with Crippen molar-refractivity contribution in [1.82, 2.24) is 4.31 Å². The molecule has 1 aliphatic heterocycles. The smallest absolute Gasteiger partial charge is 0.207 e. The second kappa shape index (κ2) is 5.73. The summed E-state index contributed by atoms with van der Waals surface area (Å²) in [7, 11) is -3.82. The van der Waals surface area contributed by atoms with Crippen molar-refractivity contribution in [2.75, 3.05) is 12.4 Å². The monoisotopic (exact) mass is 309 g/mol. The van der Waals surface area contributed by atoms with Gasteiger partial charge in [-0.05, 0) is 31.0 Å². The number of alkyl halides is 1. The van der Waals surface area contributed by atoms with Crippen molar-refractivity contribution >= 4 is 21.6 Å². The molecule has 0 saturated carbocycles. The molecule has 1 unspecified atom stereocenters. The largest absolute Gasteiger partial charge is 0.243 e. The van der Waals surface area contributed by atoms with E-state index in [1.165, 1.54) is 4.31 Å². The average Bonchev–Trinajstić information content (AvgIpc) is 2.41. The van der Waals surface area contributed by atoms with E-state index in [-0.39, 0.29) is 16.8 Å².